The van der Waals surface area contributed by atoms with E-state index in [1.807, 2.05) is 19.9 Å². The summed E-state index contributed by atoms with van der Waals surface area (Å²) in [6.45, 7) is 5.60. The molecular weight excluding hydrogens is 340 g/mol. The molecule has 1 heterocycles. The number of carbonyl (C=O) groups excluding carboxylic acids is 2. The maximum atomic E-state index is 12.9. The summed E-state index contributed by atoms with van der Waals surface area (Å²) in [5.41, 5.74) is 0.467. The van der Waals surface area contributed by atoms with Gasteiger partial charge in [0.1, 0.15) is 0 Å². The standard InChI is InChI=1S/C17H22N4O3S/c1-5-10(2)21-15(23)12-8-6-7-9-13(12)19-17(21)25-11(3)14(22)20-16(24)18-4/h6-11H,5H2,1-4H3,(H2,18,20,22,24)/t10-,11+/m1/s1. The Bertz CT molecular complexity index is 849. The zero-order valence-corrected chi connectivity index (χ0v) is 15.5. The van der Waals surface area contributed by atoms with Crippen molar-refractivity contribution < 1.29 is 9.59 Å². The van der Waals surface area contributed by atoms with Crippen LogP contribution >= 0.6 is 11.8 Å². The number of nitrogens with one attached hydrogen (secondary N) is 2. The Morgan fingerprint density at radius 2 is 1.96 bits per heavy atom. The van der Waals surface area contributed by atoms with Crippen molar-refractivity contribution in [2.45, 2.75) is 43.6 Å². The molecule has 2 rings (SSSR count). The molecule has 8 heteroatoms. The molecular formula is C17H22N4O3S. The number of thioether (sulfide) groups is 1. The van der Waals surface area contributed by atoms with Gasteiger partial charge in [-0.3, -0.25) is 19.5 Å². The van der Waals surface area contributed by atoms with Crippen LogP contribution in [0.5, 0.6) is 0 Å². The van der Waals surface area contributed by atoms with E-state index in [-0.39, 0.29) is 11.6 Å². The average molecular weight is 362 g/mol. The van der Waals surface area contributed by atoms with Gasteiger partial charge in [0.05, 0.1) is 16.2 Å². The Labute approximate surface area is 150 Å². The van der Waals surface area contributed by atoms with Gasteiger partial charge in [-0.25, -0.2) is 9.78 Å². The zero-order chi connectivity index (χ0) is 18.6. The molecule has 0 saturated carbocycles. The van der Waals surface area contributed by atoms with Crippen LogP contribution in [0.4, 0.5) is 4.79 Å². The van der Waals surface area contributed by atoms with Crippen molar-refractivity contribution in [3.63, 3.8) is 0 Å². The Balaban J connectivity index is 2.43. The lowest BCUT2D eigenvalue weighted by Gasteiger charge is -2.20. The van der Waals surface area contributed by atoms with Gasteiger partial charge in [-0.05, 0) is 32.4 Å². The van der Waals surface area contributed by atoms with Crippen LogP contribution in [0.2, 0.25) is 0 Å². The minimum atomic E-state index is -0.583. The highest BCUT2D eigenvalue weighted by Gasteiger charge is 2.22. The molecule has 0 aliphatic heterocycles. The average Bonchev–Trinajstić information content (AvgIpc) is 2.61. The van der Waals surface area contributed by atoms with E-state index >= 15 is 0 Å². The van der Waals surface area contributed by atoms with Crippen molar-refractivity contribution in [3.8, 4) is 0 Å². The molecule has 7 nitrogen and oxygen atoms in total. The number of rotatable bonds is 5. The van der Waals surface area contributed by atoms with E-state index in [9.17, 15) is 14.4 Å². The third kappa shape index (κ3) is 4.19. The molecule has 134 valence electrons. The molecule has 0 aliphatic rings. The monoisotopic (exact) mass is 362 g/mol. The van der Waals surface area contributed by atoms with E-state index in [0.717, 1.165) is 18.2 Å². The molecule has 2 aromatic rings. The van der Waals surface area contributed by atoms with Crippen molar-refractivity contribution in [1.29, 1.82) is 0 Å². The number of urea groups is 1. The predicted octanol–water partition coefficient (Wildman–Crippen LogP) is 2.30. The Morgan fingerprint density at radius 1 is 1.28 bits per heavy atom. The summed E-state index contributed by atoms with van der Waals surface area (Å²) >= 11 is 1.16. The lowest BCUT2D eigenvalue weighted by molar-refractivity contribution is -0.119. The Kier molecular flexibility index (Phi) is 6.19. The third-order valence-electron chi connectivity index (χ3n) is 3.92. The van der Waals surface area contributed by atoms with Gasteiger partial charge in [0.15, 0.2) is 5.16 Å². The van der Waals surface area contributed by atoms with Gasteiger partial charge in [-0.15, -0.1) is 0 Å². The van der Waals surface area contributed by atoms with E-state index in [1.54, 1.807) is 29.7 Å². The van der Waals surface area contributed by atoms with Crippen LogP contribution in [0.1, 0.15) is 33.2 Å². The molecule has 0 aliphatic carbocycles. The van der Waals surface area contributed by atoms with Crippen LogP contribution in [-0.4, -0.2) is 33.8 Å². The number of amides is 3. The number of para-hydroxylation sites is 1. The minimum Gasteiger partial charge on any atom is -0.341 e. The number of hydrogen-bond donors (Lipinski definition) is 2. The summed E-state index contributed by atoms with van der Waals surface area (Å²) in [5, 5.41) is 5.01. The van der Waals surface area contributed by atoms with Crippen LogP contribution in [0.25, 0.3) is 10.9 Å². The second kappa shape index (κ2) is 8.15. The van der Waals surface area contributed by atoms with E-state index in [1.165, 1.54) is 7.05 Å². The summed E-state index contributed by atoms with van der Waals surface area (Å²) < 4.78 is 1.62. The van der Waals surface area contributed by atoms with Gasteiger partial charge in [0.25, 0.3) is 5.56 Å². The topological polar surface area (TPSA) is 93.1 Å². The first kappa shape index (κ1) is 19.0. The van der Waals surface area contributed by atoms with Crippen LogP contribution in [0.15, 0.2) is 34.2 Å². The summed E-state index contributed by atoms with van der Waals surface area (Å²) in [4.78, 5) is 40.9. The summed E-state index contributed by atoms with van der Waals surface area (Å²) in [6, 6.07) is 6.53. The number of fused-ring (bicyclic) bond motifs is 1. The molecule has 1 aromatic heterocycles. The molecule has 0 radical (unpaired) electrons. The van der Waals surface area contributed by atoms with E-state index < -0.39 is 17.2 Å². The highest BCUT2D eigenvalue weighted by atomic mass is 32.2. The molecule has 0 unspecified atom stereocenters. The van der Waals surface area contributed by atoms with Gasteiger partial charge in [0, 0.05) is 13.1 Å². The highest BCUT2D eigenvalue weighted by Crippen LogP contribution is 2.25. The van der Waals surface area contributed by atoms with Crippen molar-refractivity contribution >= 4 is 34.6 Å². The van der Waals surface area contributed by atoms with Crippen molar-refractivity contribution in [2.75, 3.05) is 7.05 Å². The third-order valence-corrected chi connectivity index (χ3v) is 4.99. The Morgan fingerprint density at radius 3 is 2.60 bits per heavy atom. The van der Waals surface area contributed by atoms with E-state index in [0.29, 0.717) is 16.1 Å². The smallest absolute Gasteiger partial charge is 0.321 e. The van der Waals surface area contributed by atoms with Crippen LogP contribution < -0.4 is 16.2 Å². The zero-order valence-electron chi connectivity index (χ0n) is 14.7. The first-order valence-corrected chi connectivity index (χ1v) is 8.97. The Hall–Kier alpha value is -2.35. The van der Waals surface area contributed by atoms with Gasteiger partial charge >= 0.3 is 6.03 Å². The van der Waals surface area contributed by atoms with E-state index in [2.05, 4.69) is 15.6 Å². The first-order chi connectivity index (χ1) is 11.9. The number of nitrogens with zero attached hydrogens (tertiary/aromatic N) is 2. The normalized spacial score (nSPS) is 13.3. The van der Waals surface area contributed by atoms with Crippen LogP contribution in [0, 0.1) is 0 Å². The summed E-state index contributed by atoms with van der Waals surface area (Å²) in [5.74, 6) is -0.442. The molecule has 0 fully saturated rings. The fourth-order valence-corrected chi connectivity index (χ4v) is 3.28. The van der Waals surface area contributed by atoms with Crippen molar-refractivity contribution in [1.82, 2.24) is 20.2 Å². The number of carbonyl (C=O) groups is 2. The van der Waals surface area contributed by atoms with Gasteiger partial charge in [-0.1, -0.05) is 30.8 Å². The number of imide groups is 1. The summed E-state index contributed by atoms with van der Waals surface area (Å²) in [7, 11) is 1.44. The highest BCUT2D eigenvalue weighted by molar-refractivity contribution is 8.00. The number of hydrogen-bond acceptors (Lipinski definition) is 5. The maximum Gasteiger partial charge on any atom is 0.321 e. The quantitative estimate of drug-likeness (QED) is 0.629. The van der Waals surface area contributed by atoms with Gasteiger partial charge in [-0.2, -0.15) is 0 Å². The molecule has 1 aromatic carbocycles. The molecule has 0 bridgehead atoms. The lowest BCUT2D eigenvalue weighted by Crippen LogP contribution is -2.41. The van der Waals surface area contributed by atoms with Crippen molar-refractivity contribution in [3.05, 3.63) is 34.6 Å². The molecule has 2 atom stereocenters. The molecule has 0 spiro atoms. The number of aromatic nitrogens is 2. The SMILES string of the molecule is CC[C@@H](C)n1c(S[C@@H](C)C(=O)NC(=O)NC)nc2ccccc2c1=O. The van der Waals surface area contributed by atoms with Gasteiger partial charge < -0.3 is 5.32 Å². The van der Waals surface area contributed by atoms with Crippen LogP contribution in [-0.2, 0) is 4.79 Å². The number of benzene rings is 1. The largest absolute Gasteiger partial charge is 0.341 e. The minimum absolute atomic E-state index is 0.0543. The molecule has 0 saturated heterocycles. The second-order valence-electron chi connectivity index (χ2n) is 5.67. The fourth-order valence-electron chi connectivity index (χ4n) is 2.27. The summed E-state index contributed by atoms with van der Waals surface area (Å²) in [6.07, 6.45) is 0.756. The molecule has 2 N–H and O–H groups in total. The fraction of sp³-hybridized carbons (Fsp3) is 0.412. The molecule has 3 amide bonds. The second-order valence-corrected chi connectivity index (χ2v) is 6.98. The van der Waals surface area contributed by atoms with Gasteiger partial charge in [0.2, 0.25) is 5.91 Å². The van der Waals surface area contributed by atoms with Crippen molar-refractivity contribution in [2.24, 2.45) is 0 Å². The van der Waals surface area contributed by atoms with Crippen LogP contribution in [0.3, 0.4) is 0 Å². The lowest BCUT2D eigenvalue weighted by atomic mass is 10.2. The first-order valence-electron chi connectivity index (χ1n) is 8.09. The van der Waals surface area contributed by atoms with E-state index in [4.69, 9.17) is 0 Å². The predicted molar refractivity (Wildman–Crippen MR) is 98.9 cm³/mol. The molecule has 25 heavy (non-hydrogen) atoms. The maximum absolute atomic E-state index is 12.9.